The van der Waals surface area contributed by atoms with Gasteiger partial charge >= 0.3 is 0 Å². The van der Waals surface area contributed by atoms with Crippen LogP contribution in [-0.4, -0.2) is 23.7 Å². The first-order valence-electron chi connectivity index (χ1n) is 29.0. The molecule has 1 aliphatic rings. The first kappa shape index (κ1) is 47.9. The van der Waals surface area contributed by atoms with E-state index < -0.39 is 0 Å². The Kier molecular flexibility index (Phi) is 10.6. The Balaban J connectivity index is 0.977. The lowest BCUT2D eigenvalue weighted by atomic mass is 9.80. The number of benzene rings is 12. The number of nitrogens with zero attached hydrogens (tertiary/aromatic N) is 5. The van der Waals surface area contributed by atoms with Gasteiger partial charge in [-0.3, -0.25) is 0 Å². The van der Waals surface area contributed by atoms with Crippen LogP contribution in [0, 0.1) is 0 Å². The summed E-state index contributed by atoms with van der Waals surface area (Å²) < 4.78 is 7.37. The van der Waals surface area contributed by atoms with Gasteiger partial charge in [-0.25, -0.2) is 9.97 Å². The monoisotopic (exact) mass is 1070 g/mol. The third-order valence-corrected chi connectivity index (χ3v) is 17.8. The van der Waals surface area contributed by atoms with Crippen molar-refractivity contribution in [2.45, 2.75) is 19.3 Å². The van der Waals surface area contributed by atoms with Crippen LogP contribution < -0.4 is 0 Å². The minimum absolute atomic E-state index is 0.251. The van der Waals surface area contributed by atoms with Gasteiger partial charge in [0.05, 0.1) is 50.2 Å². The Labute approximate surface area is 486 Å². The predicted octanol–water partition coefficient (Wildman–Crippen LogP) is 20.4. The zero-order valence-electron chi connectivity index (χ0n) is 46.4. The molecule has 0 unspecified atom stereocenters. The standard InChI is InChI=1S/C79H53N5/c1-79(2)66-31-15-9-25-57(66)62-45-46-74-75(76(62)79)63-30-14-20-36-73(63)84(74)77-64(50-37-41-55(42-38-50)82-69-32-16-10-26-58(69)59-27-11-17-33-70(59)82)47-54(78-80-67(52-21-5-3-6-22-52)49-68(81-78)53-23-7-4-8-24-53)48-65(77)51-39-43-56(44-40-51)83-71-34-18-12-28-60(71)61-29-13-19-35-72(61)83/h3-49H,1-2H3. The number of para-hydroxylation sites is 5. The van der Waals surface area contributed by atoms with E-state index >= 15 is 0 Å². The molecule has 0 saturated heterocycles. The molecule has 16 aromatic rings. The molecule has 12 aromatic carbocycles. The van der Waals surface area contributed by atoms with E-state index in [-0.39, 0.29) is 5.41 Å². The van der Waals surface area contributed by atoms with E-state index in [0.29, 0.717) is 5.82 Å². The van der Waals surface area contributed by atoms with Crippen LogP contribution in [0.5, 0.6) is 0 Å². The quantitative estimate of drug-likeness (QED) is 0.152. The van der Waals surface area contributed by atoms with E-state index in [1.165, 1.54) is 76.6 Å². The van der Waals surface area contributed by atoms with Crippen LogP contribution in [-0.2, 0) is 5.41 Å². The smallest absolute Gasteiger partial charge is 0.160 e. The summed E-state index contributed by atoms with van der Waals surface area (Å²) in [6.45, 7) is 4.80. The molecule has 4 heterocycles. The Morgan fingerprint density at radius 3 is 1.17 bits per heavy atom. The molecule has 4 aromatic heterocycles. The van der Waals surface area contributed by atoms with Gasteiger partial charge in [0.2, 0.25) is 0 Å². The minimum Gasteiger partial charge on any atom is -0.309 e. The van der Waals surface area contributed by atoms with E-state index in [0.717, 1.165) is 78.4 Å². The van der Waals surface area contributed by atoms with Gasteiger partial charge in [-0.05, 0) is 112 Å². The van der Waals surface area contributed by atoms with Crippen LogP contribution >= 0.6 is 0 Å². The second-order valence-electron chi connectivity index (χ2n) is 22.9. The lowest BCUT2D eigenvalue weighted by Crippen LogP contribution is -2.15. The second kappa shape index (κ2) is 18.6. The number of hydrogen-bond donors (Lipinski definition) is 0. The van der Waals surface area contributed by atoms with E-state index in [1.807, 2.05) is 0 Å². The summed E-state index contributed by atoms with van der Waals surface area (Å²) in [5, 5.41) is 7.44. The van der Waals surface area contributed by atoms with Gasteiger partial charge in [0.15, 0.2) is 5.82 Å². The van der Waals surface area contributed by atoms with Crippen LogP contribution in [0.3, 0.4) is 0 Å². The molecule has 5 nitrogen and oxygen atoms in total. The molecule has 0 bridgehead atoms. The van der Waals surface area contributed by atoms with Gasteiger partial charge < -0.3 is 13.7 Å². The highest BCUT2D eigenvalue weighted by Crippen LogP contribution is 2.54. The van der Waals surface area contributed by atoms with Gasteiger partial charge in [0, 0.05) is 76.9 Å². The molecule has 84 heavy (non-hydrogen) atoms. The SMILES string of the molecule is CC1(C)c2ccccc2-c2ccc3c(c21)c1ccccc1n3-c1c(-c2ccc(-n3c4ccccc4c4ccccc43)cc2)cc(-c2nc(-c3ccccc3)cc(-c3ccccc3)n2)cc1-c1ccc(-n2c3ccccc3c3ccccc32)cc1. The zero-order valence-corrected chi connectivity index (χ0v) is 46.4. The fraction of sp³-hybridized carbons (Fsp3) is 0.0380. The van der Waals surface area contributed by atoms with Crippen molar-refractivity contribution < 1.29 is 0 Å². The minimum atomic E-state index is -0.251. The third kappa shape index (κ3) is 7.22. The molecular weight excluding hydrogens is 1020 g/mol. The normalized spacial score (nSPS) is 12.7. The molecular formula is C79H53N5. The predicted molar refractivity (Wildman–Crippen MR) is 350 cm³/mol. The van der Waals surface area contributed by atoms with Gasteiger partial charge in [-0.2, -0.15) is 0 Å². The van der Waals surface area contributed by atoms with Crippen LogP contribution in [0.15, 0.2) is 285 Å². The number of aromatic nitrogens is 5. The molecule has 0 fully saturated rings. The summed E-state index contributed by atoms with van der Waals surface area (Å²) in [6.07, 6.45) is 0. The first-order valence-corrected chi connectivity index (χ1v) is 29.0. The Morgan fingerprint density at radius 2 is 0.690 bits per heavy atom. The summed E-state index contributed by atoms with van der Waals surface area (Å²) in [4.78, 5) is 11.0. The molecule has 1 aliphatic carbocycles. The van der Waals surface area contributed by atoms with Gasteiger partial charge in [-0.15, -0.1) is 0 Å². The van der Waals surface area contributed by atoms with Crippen molar-refractivity contribution in [2.75, 3.05) is 0 Å². The average Bonchev–Trinajstić information content (AvgIpc) is 1.82. The van der Waals surface area contributed by atoms with E-state index in [1.54, 1.807) is 0 Å². The maximum absolute atomic E-state index is 5.52. The largest absolute Gasteiger partial charge is 0.309 e. The summed E-state index contributed by atoms with van der Waals surface area (Å²) in [7, 11) is 0. The van der Waals surface area contributed by atoms with Gasteiger partial charge in [0.25, 0.3) is 0 Å². The third-order valence-electron chi connectivity index (χ3n) is 17.8. The molecule has 0 saturated carbocycles. The van der Waals surface area contributed by atoms with E-state index in [2.05, 4.69) is 313 Å². The molecule has 0 atom stereocenters. The molecule has 0 amide bonds. The fourth-order valence-electron chi connectivity index (χ4n) is 14.1. The van der Waals surface area contributed by atoms with Gasteiger partial charge in [0.1, 0.15) is 0 Å². The van der Waals surface area contributed by atoms with Crippen molar-refractivity contribution in [3.05, 3.63) is 296 Å². The summed E-state index contributed by atoms with van der Waals surface area (Å²) in [5.41, 5.74) is 24.3. The van der Waals surface area contributed by atoms with E-state index in [4.69, 9.17) is 9.97 Å². The van der Waals surface area contributed by atoms with Crippen LogP contribution in [0.4, 0.5) is 0 Å². The molecule has 5 heteroatoms. The number of hydrogen-bond acceptors (Lipinski definition) is 2. The molecule has 0 radical (unpaired) electrons. The van der Waals surface area contributed by atoms with Crippen molar-refractivity contribution in [3.8, 4) is 84.3 Å². The zero-order chi connectivity index (χ0) is 55.6. The summed E-state index contributed by atoms with van der Waals surface area (Å²) >= 11 is 0. The fourth-order valence-corrected chi connectivity index (χ4v) is 14.1. The van der Waals surface area contributed by atoms with Crippen molar-refractivity contribution in [2.24, 2.45) is 0 Å². The Morgan fingerprint density at radius 1 is 0.286 bits per heavy atom. The number of rotatable bonds is 8. The molecule has 0 aliphatic heterocycles. The molecule has 0 spiro atoms. The van der Waals surface area contributed by atoms with Crippen LogP contribution in [0.25, 0.3) is 150 Å². The van der Waals surface area contributed by atoms with Gasteiger partial charge in [-0.1, -0.05) is 220 Å². The van der Waals surface area contributed by atoms with Crippen molar-refractivity contribution in [1.29, 1.82) is 0 Å². The number of fused-ring (bicyclic) bond motifs is 13. The lowest BCUT2D eigenvalue weighted by Gasteiger charge is -2.23. The second-order valence-corrected chi connectivity index (χ2v) is 22.9. The maximum atomic E-state index is 5.52. The highest BCUT2D eigenvalue weighted by molar-refractivity contribution is 6.16. The van der Waals surface area contributed by atoms with E-state index in [9.17, 15) is 0 Å². The van der Waals surface area contributed by atoms with Crippen LogP contribution in [0.1, 0.15) is 25.0 Å². The molecule has 0 N–H and O–H groups in total. The topological polar surface area (TPSA) is 40.6 Å². The van der Waals surface area contributed by atoms with Crippen molar-refractivity contribution >= 4 is 65.4 Å². The first-order chi connectivity index (χ1) is 41.4. The van der Waals surface area contributed by atoms with Crippen molar-refractivity contribution in [3.63, 3.8) is 0 Å². The Hall–Kier alpha value is -10.9. The molecule has 394 valence electrons. The summed E-state index contributed by atoms with van der Waals surface area (Å²) in [5.74, 6) is 0.646. The Bertz CT molecular complexity index is 4970. The maximum Gasteiger partial charge on any atom is 0.160 e. The summed E-state index contributed by atoms with van der Waals surface area (Å²) in [6, 6.07) is 104. The highest BCUT2D eigenvalue weighted by atomic mass is 15.0. The molecule has 17 rings (SSSR count). The van der Waals surface area contributed by atoms with Crippen LogP contribution in [0.2, 0.25) is 0 Å². The average molecular weight is 1070 g/mol. The van der Waals surface area contributed by atoms with Crippen molar-refractivity contribution in [1.82, 2.24) is 23.7 Å². The lowest BCUT2D eigenvalue weighted by molar-refractivity contribution is 0.666. The highest BCUT2D eigenvalue weighted by Gasteiger charge is 2.38.